The molecular formula is C13H18N2OS. The fourth-order valence-electron chi connectivity index (χ4n) is 1.73. The molecule has 2 aromatic rings. The van der Waals surface area contributed by atoms with Gasteiger partial charge in [0.1, 0.15) is 0 Å². The molecule has 1 aromatic carbocycles. The molecule has 0 saturated heterocycles. The number of rotatable bonds is 6. The third-order valence-corrected chi connectivity index (χ3v) is 3.85. The molecule has 0 bridgehead atoms. The Hall–Kier alpha value is -0.940. The normalized spacial score (nSPS) is 13.1. The van der Waals surface area contributed by atoms with Crippen LogP contribution in [0.15, 0.2) is 30.3 Å². The number of hydrogen-bond donors (Lipinski definition) is 2. The van der Waals surface area contributed by atoms with Crippen LogP contribution in [0.3, 0.4) is 0 Å². The summed E-state index contributed by atoms with van der Waals surface area (Å²) < 4.78 is 6.84. The summed E-state index contributed by atoms with van der Waals surface area (Å²) in [6.45, 7) is 3.50. The van der Waals surface area contributed by atoms with E-state index in [0.717, 1.165) is 13.0 Å². The van der Waals surface area contributed by atoms with E-state index in [1.807, 2.05) is 0 Å². The number of nitrogens with one attached hydrogen (secondary N) is 1. The Labute approximate surface area is 106 Å². The van der Waals surface area contributed by atoms with Crippen molar-refractivity contribution in [2.45, 2.75) is 19.4 Å². The zero-order valence-corrected chi connectivity index (χ0v) is 10.8. The van der Waals surface area contributed by atoms with Crippen molar-refractivity contribution in [3.63, 3.8) is 0 Å². The first kappa shape index (κ1) is 12.5. The van der Waals surface area contributed by atoms with Gasteiger partial charge in [0.25, 0.3) is 0 Å². The maximum atomic E-state index is 5.59. The average Bonchev–Trinajstić information content (AvgIpc) is 2.78. The molecule has 3 nitrogen and oxygen atoms in total. The summed E-state index contributed by atoms with van der Waals surface area (Å²) in [4.78, 5) is 1.23. The number of ether oxygens (including phenoxy) is 1. The van der Waals surface area contributed by atoms with E-state index >= 15 is 0 Å². The third kappa shape index (κ3) is 3.04. The van der Waals surface area contributed by atoms with Crippen molar-refractivity contribution in [3.8, 4) is 0 Å². The predicted octanol–water partition coefficient (Wildman–Crippen LogP) is 2.83. The first-order chi connectivity index (χ1) is 8.35. The van der Waals surface area contributed by atoms with Gasteiger partial charge in [0.05, 0.1) is 12.6 Å². The Morgan fingerprint density at radius 2 is 2.24 bits per heavy atom. The third-order valence-electron chi connectivity index (χ3n) is 2.62. The molecule has 0 aliphatic heterocycles. The van der Waals surface area contributed by atoms with Gasteiger partial charge in [-0.25, -0.2) is 5.43 Å². The van der Waals surface area contributed by atoms with E-state index in [9.17, 15) is 0 Å². The smallest absolute Gasteiger partial charge is 0.0786 e. The van der Waals surface area contributed by atoms with Crippen LogP contribution >= 0.6 is 11.3 Å². The highest BCUT2D eigenvalue weighted by molar-refractivity contribution is 7.19. The maximum Gasteiger partial charge on any atom is 0.0786 e. The molecule has 0 spiro atoms. The van der Waals surface area contributed by atoms with E-state index in [-0.39, 0.29) is 6.04 Å². The second kappa shape index (κ2) is 6.12. The zero-order chi connectivity index (χ0) is 12.1. The van der Waals surface area contributed by atoms with Gasteiger partial charge in [-0.2, -0.15) is 0 Å². The van der Waals surface area contributed by atoms with Crippen molar-refractivity contribution in [3.05, 3.63) is 35.2 Å². The van der Waals surface area contributed by atoms with Gasteiger partial charge in [-0.1, -0.05) is 25.1 Å². The number of nitrogens with two attached hydrogens (primary N) is 1. The Balaban J connectivity index is 2.12. The molecule has 0 amide bonds. The van der Waals surface area contributed by atoms with Gasteiger partial charge in [-0.15, -0.1) is 11.3 Å². The van der Waals surface area contributed by atoms with Gasteiger partial charge in [-0.05, 0) is 23.9 Å². The van der Waals surface area contributed by atoms with E-state index in [2.05, 4.69) is 42.7 Å². The number of benzene rings is 1. The van der Waals surface area contributed by atoms with Crippen molar-refractivity contribution in [2.75, 3.05) is 13.2 Å². The first-order valence-electron chi connectivity index (χ1n) is 5.87. The van der Waals surface area contributed by atoms with E-state index in [1.54, 1.807) is 11.3 Å². The van der Waals surface area contributed by atoms with Gasteiger partial charge < -0.3 is 4.74 Å². The molecule has 1 atom stereocenters. The number of fused-ring (bicyclic) bond motifs is 1. The summed E-state index contributed by atoms with van der Waals surface area (Å²) in [5.41, 5.74) is 2.82. The monoisotopic (exact) mass is 250 g/mol. The van der Waals surface area contributed by atoms with Gasteiger partial charge in [0.2, 0.25) is 0 Å². The predicted molar refractivity (Wildman–Crippen MR) is 73.0 cm³/mol. The molecule has 3 N–H and O–H groups in total. The first-order valence-corrected chi connectivity index (χ1v) is 6.69. The second-order valence-electron chi connectivity index (χ2n) is 3.98. The Morgan fingerprint density at radius 3 is 2.94 bits per heavy atom. The van der Waals surface area contributed by atoms with E-state index in [0.29, 0.717) is 6.61 Å². The summed E-state index contributed by atoms with van der Waals surface area (Å²) in [6.07, 6.45) is 1.03. The van der Waals surface area contributed by atoms with Crippen LogP contribution in [0.1, 0.15) is 24.3 Å². The molecule has 17 heavy (non-hydrogen) atoms. The van der Waals surface area contributed by atoms with Crippen LogP contribution in [0.25, 0.3) is 10.1 Å². The van der Waals surface area contributed by atoms with Crippen LogP contribution in [-0.4, -0.2) is 13.2 Å². The van der Waals surface area contributed by atoms with Crippen molar-refractivity contribution >= 4 is 21.4 Å². The highest BCUT2D eigenvalue weighted by Gasteiger charge is 2.12. The lowest BCUT2D eigenvalue weighted by Crippen LogP contribution is -2.30. The molecule has 0 aliphatic carbocycles. The minimum absolute atomic E-state index is 0.0824. The fourth-order valence-corrected chi connectivity index (χ4v) is 2.84. The zero-order valence-electron chi connectivity index (χ0n) is 9.98. The van der Waals surface area contributed by atoms with Crippen LogP contribution in [0.5, 0.6) is 0 Å². The van der Waals surface area contributed by atoms with E-state index in [4.69, 9.17) is 10.6 Å². The van der Waals surface area contributed by atoms with Crippen molar-refractivity contribution < 1.29 is 4.74 Å². The standard InChI is InChI=1S/C13H18N2OS/c1-2-7-16-9-11(15-14)13-8-10-5-3-4-6-12(10)17-13/h3-6,8,11,15H,2,7,9,14H2,1H3. The highest BCUT2D eigenvalue weighted by Crippen LogP contribution is 2.29. The molecule has 1 aromatic heterocycles. The van der Waals surface area contributed by atoms with Crippen molar-refractivity contribution in [2.24, 2.45) is 5.84 Å². The summed E-state index contributed by atoms with van der Waals surface area (Å²) in [5.74, 6) is 5.59. The minimum atomic E-state index is 0.0824. The van der Waals surface area contributed by atoms with Crippen LogP contribution in [0.4, 0.5) is 0 Å². The molecule has 92 valence electrons. The van der Waals surface area contributed by atoms with Crippen LogP contribution < -0.4 is 11.3 Å². The lowest BCUT2D eigenvalue weighted by atomic mass is 10.2. The van der Waals surface area contributed by atoms with Gasteiger partial charge in [0.15, 0.2) is 0 Å². The largest absolute Gasteiger partial charge is 0.379 e. The fraction of sp³-hybridized carbons (Fsp3) is 0.385. The average molecular weight is 250 g/mol. The molecule has 0 aliphatic rings. The second-order valence-corrected chi connectivity index (χ2v) is 5.10. The van der Waals surface area contributed by atoms with Crippen molar-refractivity contribution in [1.29, 1.82) is 0 Å². The lowest BCUT2D eigenvalue weighted by molar-refractivity contribution is 0.113. The summed E-state index contributed by atoms with van der Waals surface area (Å²) >= 11 is 1.77. The molecule has 4 heteroatoms. The molecule has 0 radical (unpaired) electrons. The molecule has 1 heterocycles. The topological polar surface area (TPSA) is 47.3 Å². The molecule has 0 saturated carbocycles. The molecular weight excluding hydrogens is 232 g/mol. The minimum Gasteiger partial charge on any atom is -0.379 e. The molecule has 0 fully saturated rings. The van der Waals surface area contributed by atoms with E-state index in [1.165, 1.54) is 15.0 Å². The van der Waals surface area contributed by atoms with Gasteiger partial charge >= 0.3 is 0 Å². The van der Waals surface area contributed by atoms with Crippen LogP contribution in [0.2, 0.25) is 0 Å². The van der Waals surface area contributed by atoms with Crippen molar-refractivity contribution in [1.82, 2.24) is 5.43 Å². The highest BCUT2D eigenvalue weighted by atomic mass is 32.1. The molecule has 2 rings (SSSR count). The number of thiophene rings is 1. The Kier molecular flexibility index (Phi) is 4.50. The number of hydrogen-bond acceptors (Lipinski definition) is 4. The summed E-state index contributed by atoms with van der Waals surface area (Å²) in [5, 5.41) is 1.27. The van der Waals surface area contributed by atoms with E-state index < -0.39 is 0 Å². The lowest BCUT2D eigenvalue weighted by Gasteiger charge is -2.13. The number of hydrazine groups is 1. The SMILES string of the molecule is CCCOCC(NN)c1cc2ccccc2s1. The quantitative estimate of drug-likeness (QED) is 0.471. The Bertz CT molecular complexity index is 436. The van der Waals surface area contributed by atoms with Gasteiger partial charge in [-0.3, -0.25) is 5.84 Å². The molecule has 1 unspecified atom stereocenters. The van der Waals surface area contributed by atoms with Gasteiger partial charge in [0, 0.05) is 16.2 Å². The van der Waals surface area contributed by atoms with Crippen LogP contribution in [0, 0.1) is 0 Å². The summed E-state index contributed by atoms with van der Waals surface area (Å²) in [7, 11) is 0. The maximum absolute atomic E-state index is 5.59. The Morgan fingerprint density at radius 1 is 1.41 bits per heavy atom. The summed E-state index contributed by atoms with van der Waals surface area (Å²) in [6, 6.07) is 10.6. The van der Waals surface area contributed by atoms with Crippen LogP contribution in [-0.2, 0) is 4.74 Å².